The molecule has 5 nitrogen and oxygen atoms in total. The van der Waals surface area contributed by atoms with Crippen LogP contribution in [-0.2, 0) is 4.79 Å². The first-order valence-electron chi connectivity index (χ1n) is 11.7. The Kier molecular flexibility index (Phi) is 6.44. The molecule has 5 heteroatoms. The lowest BCUT2D eigenvalue weighted by atomic mass is 9.57. The van der Waals surface area contributed by atoms with E-state index in [-0.39, 0.29) is 35.7 Å². The summed E-state index contributed by atoms with van der Waals surface area (Å²) in [6, 6.07) is -0.230. The lowest BCUT2D eigenvalue weighted by Crippen LogP contribution is -2.47. The minimum atomic E-state index is -0.986. The smallest absolute Gasteiger partial charge is 0.230 e. The maximum absolute atomic E-state index is 13.5. The summed E-state index contributed by atoms with van der Waals surface area (Å²) in [7, 11) is 0. The van der Waals surface area contributed by atoms with Crippen molar-refractivity contribution in [3.8, 4) is 0 Å². The lowest BCUT2D eigenvalue weighted by Gasteiger charge is -2.46. The van der Waals surface area contributed by atoms with E-state index in [1.165, 1.54) is 0 Å². The Bertz CT molecular complexity index is 913. The van der Waals surface area contributed by atoms with E-state index in [2.05, 4.69) is 25.2 Å². The van der Waals surface area contributed by atoms with E-state index in [0.29, 0.717) is 6.42 Å². The molecule has 0 aromatic rings. The van der Waals surface area contributed by atoms with Crippen molar-refractivity contribution in [3.05, 3.63) is 72.4 Å². The molecule has 0 aromatic carbocycles. The molecule has 0 unspecified atom stereocenters. The zero-order chi connectivity index (χ0) is 23.0. The summed E-state index contributed by atoms with van der Waals surface area (Å²) < 4.78 is 0. The molecule has 4 rings (SSSR count). The lowest BCUT2D eigenvalue weighted by molar-refractivity contribution is -0.132. The first-order valence-corrected chi connectivity index (χ1v) is 11.7. The van der Waals surface area contributed by atoms with Gasteiger partial charge in [-0.15, -0.1) is 0 Å². The van der Waals surface area contributed by atoms with Gasteiger partial charge in [0.15, 0.2) is 0 Å². The molecule has 0 bridgehead atoms. The molecule has 0 aromatic heterocycles. The van der Waals surface area contributed by atoms with Crippen LogP contribution < -0.4 is 0 Å². The molecule has 0 saturated carbocycles. The molecule has 32 heavy (non-hydrogen) atoms. The van der Waals surface area contributed by atoms with Gasteiger partial charge >= 0.3 is 0 Å². The molecule has 1 amide bonds. The second-order valence-electron chi connectivity index (χ2n) is 9.80. The molecule has 172 valence electrons. The number of rotatable bonds is 3. The predicted octanol–water partition coefficient (Wildman–Crippen LogP) is 3.07. The van der Waals surface area contributed by atoms with E-state index < -0.39 is 23.7 Å². The van der Waals surface area contributed by atoms with E-state index in [9.17, 15) is 20.1 Å². The minimum Gasteiger partial charge on any atom is -0.391 e. The van der Waals surface area contributed by atoms with E-state index in [4.69, 9.17) is 0 Å². The number of hydrogen-bond donors (Lipinski definition) is 3. The third-order valence-electron chi connectivity index (χ3n) is 7.81. The normalized spacial score (nSPS) is 47.2. The quantitative estimate of drug-likeness (QED) is 0.468. The third-order valence-corrected chi connectivity index (χ3v) is 7.81. The van der Waals surface area contributed by atoms with Crippen molar-refractivity contribution in [2.24, 2.45) is 23.2 Å². The molecule has 2 aliphatic carbocycles. The number of fused-ring (bicyclic) bond motifs is 5. The van der Waals surface area contributed by atoms with Crippen LogP contribution in [0.3, 0.4) is 0 Å². The molecule has 2 saturated heterocycles. The molecular weight excluding hydrogens is 402 g/mol. The van der Waals surface area contributed by atoms with Crippen molar-refractivity contribution in [3.63, 3.8) is 0 Å². The monoisotopic (exact) mass is 437 g/mol. The molecule has 2 aliphatic heterocycles. The Morgan fingerprint density at radius 2 is 1.91 bits per heavy atom. The maximum atomic E-state index is 13.5. The highest BCUT2D eigenvalue weighted by molar-refractivity contribution is 5.85. The fraction of sp³-hybridized carbons (Fsp3) is 0.519. The molecule has 0 radical (unpaired) electrons. The standard InChI is InChI=1S/C27H35NO4/c1-4-5-6-7-10-18-16-23(31)25-24-19(26(32)28(18)25)12-13-20-17(2)15-22(30)21(29)11-8-9-14-27(20,24)3/h4-9,11-15,18-25,29-31H,10,16H2,1-3H3/b5-4+,7-6+,11-8-,14-9+,17-15+/t18-,19+,20+,21-,22+,23+,24-,25+,27+/m1/s1. The molecule has 9 atom stereocenters. The van der Waals surface area contributed by atoms with Crippen LogP contribution in [0.1, 0.15) is 33.6 Å². The highest BCUT2D eigenvalue weighted by atomic mass is 16.3. The molecule has 0 spiro atoms. The Morgan fingerprint density at radius 3 is 2.66 bits per heavy atom. The SMILES string of the molecule is C/C=C/C=C/C[C@@H]1C[C@H](O)[C@H]2[C@H]3[C@H](C=C[C@H]4/C(C)=C/[C@H](O)[C@H](O)/C=C\C=C\[C@]34C)C(=O)N12. The Hall–Kier alpha value is -2.21. The highest BCUT2D eigenvalue weighted by Gasteiger charge is 2.63. The van der Waals surface area contributed by atoms with Crippen LogP contribution in [0.15, 0.2) is 72.4 Å². The van der Waals surface area contributed by atoms with E-state index in [1.54, 1.807) is 18.2 Å². The van der Waals surface area contributed by atoms with Gasteiger partial charge in [0.05, 0.1) is 18.1 Å². The van der Waals surface area contributed by atoms with Crippen LogP contribution in [0.2, 0.25) is 0 Å². The number of hydrogen-bond acceptors (Lipinski definition) is 4. The van der Waals surface area contributed by atoms with Gasteiger partial charge in [0, 0.05) is 23.3 Å². The van der Waals surface area contributed by atoms with Gasteiger partial charge in [-0.3, -0.25) is 4.79 Å². The van der Waals surface area contributed by atoms with Gasteiger partial charge in [-0.2, -0.15) is 0 Å². The van der Waals surface area contributed by atoms with E-state index in [0.717, 1.165) is 12.0 Å². The number of amides is 1. The Balaban J connectivity index is 1.73. The van der Waals surface area contributed by atoms with Gasteiger partial charge < -0.3 is 20.2 Å². The summed E-state index contributed by atoms with van der Waals surface area (Å²) >= 11 is 0. The van der Waals surface area contributed by atoms with Crippen LogP contribution in [0.4, 0.5) is 0 Å². The maximum Gasteiger partial charge on any atom is 0.230 e. The number of carbonyl (C=O) groups excluding carboxylic acids is 1. The number of aliphatic hydroxyl groups is 3. The number of aliphatic hydroxyl groups excluding tert-OH is 3. The second kappa shape index (κ2) is 8.97. The summed E-state index contributed by atoms with van der Waals surface area (Å²) in [5, 5.41) is 31.6. The van der Waals surface area contributed by atoms with Gasteiger partial charge in [-0.05, 0) is 26.7 Å². The second-order valence-corrected chi connectivity index (χ2v) is 9.80. The van der Waals surface area contributed by atoms with Crippen molar-refractivity contribution < 1.29 is 20.1 Å². The van der Waals surface area contributed by atoms with Crippen molar-refractivity contribution in [2.45, 2.75) is 64.0 Å². The van der Waals surface area contributed by atoms with Gasteiger partial charge in [0.2, 0.25) is 5.91 Å². The van der Waals surface area contributed by atoms with Crippen LogP contribution in [-0.4, -0.2) is 56.5 Å². The minimum absolute atomic E-state index is 0.00192. The summed E-state index contributed by atoms with van der Waals surface area (Å²) in [6.07, 6.45) is 20.0. The predicted molar refractivity (Wildman–Crippen MR) is 125 cm³/mol. The first kappa shape index (κ1) is 23.0. The van der Waals surface area contributed by atoms with Crippen LogP contribution in [0.5, 0.6) is 0 Å². The van der Waals surface area contributed by atoms with E-state index >= 15 is 0 Å². The summed E-state index contributed by atoms with van der Waals surface area (Å²) in [6.45, 7) is 6.10. The van der Waals surface area contributed by atoms with Crippen molar-refractivity contribution in [1.29, 1.82) is 0 Å². The van der Waals surface area contributed by atoms with Gasteiger partial charge in [-0.1, -0.05) is 79.3 Å². The van der Waals surface area contributed by atoms with Crippen LogP contribution in [0.25, 0.3) is 0 Å². The van der Waals surface area contributed by atoms with Gasteiger partial charge in [-0.25, -0.2) is 0 Å². The van der Waals surface area contributed by atoms with E-state index in [1.807, 2.05) is 49.1 Å². The van der Waals surface area contributed by atoms with Crippen molar-refractivity contribution >= 4 is 5.91 Å². The third kappa shape index (κ3) is 3.76. The fourth-order valence-corrected chi connectivity index (χ4v) is 6.36. The fourth-order valence-electron chi connectivity index (χ4n) is 6.36. The molecular formula is C27H35NO4. The zero-order valence-electron chi connectivity index (χ0n) is 19.1. The van der Waals surface area contributed by atoms with Crippen LogP contribution >= 0.6 is 0 Å². The molecule has 3 N–H and O–H groups in total. The average molecular weight is 438 g/mol. The summed E-state index contributed by atoms with van der Waals surface area (Å²) in [4.78, 5) is 15.5. The Morgan fingerprint density at radius 1 is 1.12 bits per heavy atom. The van der Waals surface area contributed by atoms with Crippen molar-refractivity contribution in [1.82, 2.24) is 4.90 Å². The van der Waals surface area contributed by atoms with Gasteiger partial charge in [0.25, 0.3) is 0 Å². The zero-order valence-corrected chi connectivity index (χ0v) is 19.1. The number of allylic oxidation sites excluding steroid dienone is 8. The topological polar surface area (TPSA) is 81.0 Å². The average Bonchev–Trinajstić information content (AvgIpc) is 3.24. The first-order chi connectivity index (χ1) is 15.3. The number of nitrogens with zero attached hydrogens (tertiary/aromatic N) is 1. The summed E-state index contributed by atoms with van der Waals surface area (Å²) in [5.74, 6) is -0.269. The number of carbonyl (C=O) groups is 1. The largest absolute Gasteiger partial charge is 0.391 e. The summed E-state index contributed by atoms with van der Waals surface area (Å²) in [5.41, 5.74) is 0.538. The van der Waals surface area contributed by atoms with Crippen molar-refractivity contribution in [2.75, 3.05) is 0 Å². The molecule has 2 heterocycles. The molecule has 2 fully saturated rings. The molecule has 4 aliphatic rings. The highest BCUT2D eigenvalue weighted by Crippen LogP contribution is 2.57. The van der Waals surface area contributed by atoms with Gasteiger partial charge in [0.1, 0.15) is 12.2 Å². The van der Waals surface area contributed by atoms with Crippen LogP contribution in [0, 0.1) is 23.2 Å². The Labute approximate surface area is 190 Å².